The van der Waals surface area contributed by atoms with E-state index in [1.165, 1.54) is 0 Å². The summed E-state index contributed by atoms with van der Waals surface area (Å²) >= 11 is 0. The average Bonchev–Trinajstić information content (AvgIpc) is 2.58. The maximum atomic E-state index is 11.6. The van der Waals surface area contributed by atoms with Crippen LogP contribution >= 0.6 is 0 Å². The lowest BCUT2D eigenvalue weighted by molar-refractivity contribution is -0.148. The Bertz CT molecular complexity index is 379. The number of hydrogen-bond donors (Lipinski definition) is 1. The van der Waals surface area contributed by atoms with Gasteiger partial charge in [-0.25, -0.2) is 8.42 Å². The molecular weight excluding hydrogens is 242 g/mol. The fourth-order valence-corrected chi connectivity index (χ4v) is 3.61. The fraction of sp³-hybridized carbons (Fsp3) is 0.909. The molecule has 0 aromatic heterocycles. The van der Waals surface area contributed by atoms with Crippen molar-refractivity contribution in [2.24, 2.45) is 0 Å². The lowest BCUT2D eigenvalue weighted by Crippen LogP contribution is -2.49. The molecule has 1 rings (SSSR count). The number of carboxylic acid groups (broad SMARTS) is 1. The third-order valence-electron chi connectivity index (χ3n) is 3.44. The van der Waals surface area contributed by atoms with Crippen LogP contribution in [-0.2, 0) is 14.6 Å². The van der Waals surface area contributed by atoms with Crippen LogP contribution in [0.2, 0.25) is 0 Å². The number of carbonyl (C=O) groups is 1. The molecule has 0 radical (unpaired) electrons. The predicted molar refractivity (Wildman–Crippen MR) is 65.8 cm³/mol. The van der Waals surface area contributed by atoms with Crippen molar-refractivity contribution in [2.45, 2.75) is 38.6 Å². The van der Waals surface area contributed by atoms with Crippen LogP contribution in [0.1, 0.15) is 33.1 Å². The molecule has 0 aliphatic carbocycles. The van der Waals surface area contributed by atoms with Crippen molar-refractivity contribution in [1.29, 1.82) is 0 Å². The Morgan fingerprint density at radius 3 is 2.59 bits per heavy atom. The molecule has 1 aliphatic heterocycles. The maximum Gasteiger partial charge on any atom is 0.323 e. The van der Waals surface area contributed by atoms with Crippen LogP contribution in [0.15, 0.2) is 0 Å². The molecule has 0 saturated carbocycles. The summed E-state index contributed by atoms with van der Waals surface area (Å²) in [5.41, 5.74) is -0.887. The number of nitrogens with zero attached hydrogens (tertiary/aromatic N) is 1. The number of sulfone groups is 1. The van der Waals surface area contributed by atoms with Gasteiger partial charge in [-0.3, -0.25) is 9.69 Å². The molecule has 0 aromatic carbocycles. The van der Waals surface area contributed by atoms with Gasteiger partial charge in [0.25, 0.3) is 0 Å². The van der Waals surface area contributed by atoms with Crippen molar-refractivity contribution in [2.75, 3.05) is 24.6 Å². The molecule has 5 nitrogen and oxygen atoms in total. The van der Waals surface area contributed by atoms with Crippen LogP contribution in [-0.4, -0.2) is 54.5 Å². The molecule has 1 atom stereocenters. The molecule has 0 amide bonds. The Morgan fingerprint density at radius 2 is 2.06 bits per heavy atom. The largest absolute Gasteiger partial charge is 0.480 e. The second kappa shape index (κ2) is 5.35. The SMILES string of the molecule is CCCS(=O)(=O)CCN1CCCC1(C)C(=O)O. The summed E-state index contributed by atoms with van der Waals surface area (Å²) in [6.45, 7) is 4.50. The molecule has 0 bridgehead atoms. The molecule has 0 spiro atoms. The van der Waals surface area contributed by atoms with Gasteiger partial charge in [0.1, 0.15) is 5.54 Å². The van der Waals surface area contributed by atoms with E-state index in [1.807, 2.05) is 6.92 Å². The van der Waals surface area contributed by atoms with E-state index in [2.05, 4.69) is 0 Å². The third-order valence-corrected chi connectivity index (χ3v) is 5.27. The highest BCUT2D eigenvalue weighted by molar-refractivity contribution is 7.91. The van der Waals surface area contributed by atoms with Gasteiger partial charge in [-0.15, -0.1) is 0 Å². The fourth-order valence-electron chi connectivity index (χ4n) is 2.28. The predicted octanol–water partition coefficient (Wildman–Crippen LogP) is 0.750. The average molecular weight is 263 g/mol. The summed E-state index contributed by atoms with van der Waals surface area (Å²) in [6.07, 6.45) is 2.02. The standard InChI is InChI=1S/C11H21NO4S/c1-3-8-17(15,16)9-7-12-6-4-5-11(12,2)10(13)14/h3-9H2,1-2H3,(H,13,14). The van der Waals surface area contributed by atoms with Crippen molar-refractivity contribution < 1.29 is 18.3 Å². The van der Waals surface area contributed by atoms with Gasteiger partial charge in [0.15, 0.2) is 9.84 Å². The molecule has 1 unspecified atom stereocenters. The molecular formula is C11H21NO4S. The van der Waals surface area contributed by atoms with Gasteiger partial charge >= 0.3 is 5.97 Å². The molecule has 17 heavy (non-hydrogen) atoms. The first-order chi connectivity index (χ1) is 7.82. The van der Waals surface area contributed by atoms with Gasteiger partial charge in [0, 0.05) is 12.3 Å². The summed E-state index contributed by atoms with van der Waals surface area (Å²) in [6, 6.07) is 0. The summed E-state index contributed by atoms with van der Waals surface area (Å²) in [5, 5.41) is 9.18. The van der Waals surface area contributed by atoms with Gasteiger partial charge in [0.05, 0.1) is 5.75 Å². The maximum absolute atomic E-state index is 11.6. The van der Waals surface area contributed by atoms with Crippen LogP contribution in [0.4, 0.5) is 0 Å². The lowest BCUT2D eigenvalue weighted by atomic mass is 9.99. The summed E-state index contributed by atoms with van der Waals surface area (Å²) in [5.74, 6) is -0.614. The van der Waals surface area contributed by atoms with E-state index in [9.17, 15) is 18.3 Å². The Hall–Kier alpha value is -0.620. The Labute approximate surface area is 103 Å². The van der Waals surface area contributed by atoms with Gasteiger partial charge in [-0.1, -0.05) is 6.92 Å². The zero-order chi connectivity index (χ0) is 13.1. The van der Waals surface area contributed by atoms with Gasteiger partial charge in [0.2, 0.25) is 0 Å². The second-order valence-electron chi connectivity index (χ2n) is 4.82. The van der Waals surface area contributed by atoms with E-state index in [1.54, 1.807) is 11.8 Å². The van der Waals surface area contributed by atoms with E-state index < -0.39 is 21.3 Å². The molecule has 100 valence electrons. The Balaban J connectivity index is 2.61. The number of hydrogen-bond acceptors (Lipinski definition) is 4. The van der Waals surface area contributed by atoms with E-state index >= 15 is 0 Å². The van der Waals surface area contributed by atoms with Crippen molar-refractivity contribution in [3.63, 3.8) is 0 Å². The minimum Gasteiger partial charge on any atom is -0.480 e. The van der Waals surface area contributed by atoms with Gasteiger partial charge in [-0.05, 0) is 32.7 Å². The van der Waals surface area contributed by atoms with Crippen LogP contribution in [0.3, 0.4) is 0 Å². The third kappa shape index (κ3) is 3.42. The van der Waals surface area contributed by atoms with Crippen LogP contribution < -0.4 is 0 Å². The second-order valence-corrected chi connectivity index (χ2v) is 7.13. The highest BCUT2D eigenvalue weighted by atomic mass is 32.2. The van der Waals surface area contributed by atoms with Crippen LogP contribution in [0, 0.1) is 0 Å². The van der Waals surface area contributed by atoms with Crippen LogP contribution in [0.5, 0.6) is 0 Å². The quantitative estimate of drug-likeness (QED) is 0.765. The van der Waals surface area contributed by atoms with E-state index in [-0.39, 0.29) is 11.5 Å². The number of aliphatic carboxylic acids is 1. The number of rotatable bonds is 6. The topological polar surface area (TPSA) is 74.7 Å². The molecule has 1 heterocycles. The van der Waals surface area contributed by atoms with E-state index in [0.717, 1.165) is 6.42 Å². The summed E-state index contributed by atoms with van der Waals surface area (Å²) < 4.78 is 23.2. The van der Waals surface area contributed by atoms with Crippen molar-refractivity contribution in [3.05, 3.63) is 0 Å². The van der Waals surface area contributed by atoms with Crippen molar-refractivity contribution in [3.8, 4) is 0 Å². The zero-order valence-corrected chi connectivity index (χ0v) is 11.3. The highest BCUT2D eigenvalue weighted by Crippen LogP contribution is 2.28. The highest BCUT2D eigenvalue weighted by Gasteiger charge is 2.43. The monoisotopic (exact) mass is 263 g/mol. The lowest BCUT2D eigenvalue weighted by Gasteiger charge is -2.30. The molecule has 1 N–H and O–H groups in total. The van der Waals surface area contributed by atoms with Crippen molar-refractivity contribution >= 4 is 15.8 Å². The molecule has 1 saturated heterocycles. The Morgan fingerprint density at radius 1 is 1.41 bits per heavy atom. The molecule has 6 heteroatoms. The molecule has 1 fully saturated rings. The zero-order valence-electron chi connectivity index (χ0n) is 10.5. The minimum atomic E-state index is -3.03. The van der Waals surface area contributed by atoms with Crippen LogP contribution in [0.25, 0.3) is 0 Å². The smallest absolute Gasteiger partial charge is 0.323 e. The first-order valence-corrected chi connectivity index (χ1v) is 7.83. The first kappa shape index (κ1) is 14.4. The van der Waals surface area contributed by atoms with Gasteiger partial charge in [-0.2, -0.15) is 0 Å². The van der Waals surface area contributed by atoms with Crippen molar-refractivity contribution in [1.82, 2.24) is 4.90 Å². The van der Waals surface area contributed by atoms with E-state index in [0.29, 0.717) is 25.9 Å². The first-order valence-electron chi connectivity index (χ1n) is 6.01. The molecule has 0 aromatic rings. The Kier molecular flexibility index (Phi) is 4.55. The van der Waals surface area contributed by atoms with E-state index in [4.69, 9.17) is 0 Å². The number of likely N-dealkylation sites (tertiary alicyclic amines) is 1. The number of carboxylic acids is 1. The van der Waals surface area contributed by atoms with Gasteiger partial charge < -0.3 is 5.11 Å². The minimum absolute atomic E-state index is 0.0592. The summed E-state index contributed by atoms with van der Waals surface area (Å²) in [4.78, 5) is 13.0. The molecule has 1 aliphatic rings. The summed E-state index contributed by atoms with van der Waals surface area (Å²) in [7, 11) is -3.03. The normalized spacial score (nSPS) is 26.2.